The zero-order chi connectivity index (χ0) is 25.3. The molecule has 2 saturated carbocycles. The van der Waals surface area contributed by atoms with E-state index in [1.54, 1.807) is 0 Å². The molecule has 0 amide bonds. The molecule has 0 spiro atoms. The molecule has 2 rings (SSSR count). The largest absolute Gasteiger partial charge is 0.481 e. The fourth-order valence-electron chi connectivity index (χ4n) is 4.30. The van der Waals surface area contributed by atoms with Crippen molar-refractivity contribution in [2.75, 3.05) is 19.7 Å². The summed E-state index contributed by atoms with van der Waals surface area (Å²) in [7, 11) is 0. The van der Waals surface area contributed by atoms with Crippen LogP contribution in [0, 0.1) is 43.9 Å². The number of rotatable bonds is 13. The van der Waals surface area contributed by atoms with Crippen molar-refractivity contribution in [1.82, 2.24) is 11.0 Å². The molecule has 6 atom stereocenters. The molecular weight excluding hydrogens is 464 g/mol. The summed E-state index contributed by atoms with van der Waals surface area (Å²) < 4.78 is 0. The fraction of sp³-hybridized carbons (Fsp3) is 0.833. The Balaban J connectivity index is 1.61. The van der Waals surface area contributed by atoms with E-state index in [-0.39, 0.29) is 51.8 Å². The van der Waals surface area contributed by atoms with Crippen LogP contribution in [0.4, 0.5) is 0 Å². The normalized spacial score (nSPS) is 29.2. The lowest BCUT2D eigenvalue weighted by atomic mass is 9.77. The van der Waals surface area contributed by atoms with Crippen molar-refractivity contribution >= 4 is 17.9 Å². The third-order valence-electron chi connectivity index (χ3n) is 6.22. The monoisotopic (exact) mass is 492 g/mol. The van der Waals surface area contributed by atoms with Crippen LogP contribution in [-0.4, -0.2) is 69.7 Å². The highest BCUT2D eigenvalue weighted by atomic mass is 17.3. The van der Waals surface area contributed by atoms with Gasteiger partial charge in [-0.15, -0.1) is 4.99 Å². The first kappa shape index (κ1) is 27.3. The van der Waals surface area contributed by atoms with Gasteiger partial charge >= 0.3 is 17.9 Å². The number of nitrogens with one attached hydrogen (secondary N) is 2. The summed E-state index contributed by atoms with van der Waals surface area (Å²) >= 11 is 0. The van der Waals surface area contributed by atoms with Crippen molar-refractivity contribution in [3.05, 3.63) is 20.2 Å². The summed E-state index contributed by atoms with van der Waals surface area (Å²) in [6, 6.07) is -1.90. The highest BCUT2D eigenvalue weighted by Gasteiger charge is 2.44. The molecule has 0 saturated heterocycles. The van der Waals surface area contributed by atoms with Crippen LogP contribution in [0.2, 0.25) is 0 Å². The van der Waals surface area contributed by atoms with Crippen LogP contribution in [0.25, 0.3) is 0 Å². The quantitative estimate of drug-likeness (QED) is 0.113. The molecule has 4 N–H and O–H groups in total. The Hall–Kier alpha value is -2.95. The first-order valence-corrected chi connectivity index (χ1v) is 10.8. The van der Waals surface area contributed by atoms with Gasteiger partial charge in [0.15, 0.2) is 0 Å². The van der Waals surface area contributed by atoms with Crippen molar-refractivity contribution in [2.45, 2.75) is 50.6 Å². The summed E-state index contributed by atoms with van der Waals surface area (Å²) in [6.45, 7) is 0.0448. The van der Waals surface area contributed by atoms with E-state index in [0.717, 1.165) is 0 Å². The lowest BCUT2D eigenvalue weighted by molar-refractivity contribution is -0.528. The number of aliphatic carboxylic acids is 2. The topological polar surface area (TPSA) is 230 Å². The average molecular weight is 492 g/mol. The number of nitrogens with zero attached hydrogens (tertiary/aromatic N) is 2. The Morgan fingerprint density at radius 1 is 0.824 bits per heavy atom. The smallest absolute Gasteiger partial charge is 0.328 e. The molecule has 16 heteroatoms. The van der Waals surface area contributed by atoms with Crippen LogP contribution in [0.5, 0.6) is 0 Å². The number of carbonyl (C=O) groups is 3. The minimum absolute atomic E-state index is 0.0270. The SMILES string of the molecule is O=C(O)C1CC([N+](=O)[O-])CCC1COONCCNOC(=O)C1CCC([N+](=O)[O-])CC1C(=O)O. The molecular formula is C18H28N4O12. The number of carbonyl (C=O) groups excluding carboxylic acids is 1. The van der Waals surface area contributed by atoms with E-state index in [1.807, 2.05) is 0 Å². The highest BCUT2D eigenvalue weighted by molar-refractivity contribution is 5.81. The van der Waals surface area contributed by atoms with E-state index < -0.39 is 63.5 Å². The molecule has 34 heavy (non-hydrogen) atoms. The third-order valence-corrected chi connectivity index (χ3v) is 6.22. The van der Waals surface area contributed by atoms with Crippen LogP contribution in [0.15, 0.2) is 0 Å². The van der Waals surface area contributed by atoms with Gasteiger partial charge in [0.05, 0.1) is 24.4 Å². The van der Waals surface area contributed by atoms with Crippen molar-refractivity contribution in [3.8, 4) is 0 Å². The van der Waals surface area contributed by atoms with Gasteiger partial charge in [-0.2, -0.15) is 11.0 Å². The van der Waals surface area contributed by atoms with Gasteiger partial charge in [-0.05, 0) is 18.8 Å². The highest BCUT2D eigenvalue weighted by Crippen LogP contribution is 2.33. The molecule has 0 radical (unpaired) electrons. The molecule has 0 heterocycles. The second-order valence-electron chi connectivity index (χ2n) is 8.34. The van der Waals surface area contributed by atoms with Crippen LogP contribution >= 0.6 is 0 Å². The van der Waals surface area contributed by atoms with Gasteiger partial charge < -0.3 is 15.1 Å². The second-order valence-corrected chi connectivity index (χ2v) is 8.34. The number of hydroxylamine groups is 2. The van der Waals surface area contributed by atoms with Crippen molar-refractivity contribution < 1.29 is 49.2 Å². The Morgan fingerprint density at radius 3 is 1.97 bits per heavy atom. The molecule has 16 nitrogen and oxygen atoms in total. The van der Waals surface area contributed by atoms with E-state index in [0.29, 0.717) is 6.42 Å². The predicted molar refractivity (Wildman–Crippen MR) is 108 cm³/mol. The number of hydrogen-bond acceptors (Lipinski definition) is 12. The maximum Gasteiger partial charge on any atom is 0.328 e. The van der Waals surface area contributed by atoms with Crippen LogP contribution in [-0.2, 0) is 29.1 Å². The molecule has 0 aromatic heterocycles. The van der Waals surface area contributed by atoms with Gasteiger partial charge in [0, 0.05) is 48.6 Å². The van der Waals surface area contributed by atoms with E-state index >= 15 is 0 Å². The van der Waals surface area contributed by atoms with Crippen LogP contribution in [0.1, 0.15) is 38.5 Å². The first-order chi connectivity index (χ1) is 16.1. The Bertz CT molecular complexity index is 765. The average Bonchev–Trinajstić information content (AvgIpc) is 2.79. The maximum atomic E-state index is 12.2. The van der Waals surface area contributed by atoms with E-state index in [9.17, 15) is 44.8 Å². The number of nitro groups is 2. The molecule has 0 aliphatic heterocycles. The summed E-state index contributed by atoms with van der Waals surface area (Å²) in [4.78, 5) is 70.2. The van der Waals surface area contributed by atoms with Crippen molar-refractivity contribution in [3.63, 3.8) is 0 Å². The summed E-state index contributed by atoms with van der Waals surface area (Å²) in [5.41, 5.74) is 4.73. The molecule has 0 aromatic carbocycles. The van der Waals surface area contributed by atoms with Gasteiger partial charge in [-0.3, -0.25) is 34.6 Å². The van der Waals surface area contributed by atoms with Crippen LogP contribution in [0.3, 0.4) is 0 Å². The third kappa shape index (κ3) is 7.82. The summed E-state index contributed by atoms with van der Waals surface area (Å²) in [6.07, 6.45) is 0.355. The van der Waals surface area contributed by atoms with Gasteiger partial charge in [0.1, 0.15) is 0 Å². The predicted octanol–water partition coefficient (Wildman–Crippen LogP) is -0.221. The lowest BCUT2D eigenvalue weighted by Crippen LogP contribution is -2.42. The lowest BCUT2D eigenvalue weighted by Gasteiger charge is -2.29. The number of hydrogen-bond donors (Lipinski definition) is 4. The summed E-state index contributed by atoms with van der Waals surface area (Å²) in [5.74, 6) is -6.80. The minimum atomic E-state index is -1.29. The van der Waals surface area contributed by atoms with Gasteiger partial charge in [0.25, 0.3) is 0 Å². The molecule has 0 bridgehead atoms. The van der Waals surface area contributed by atoms with E-state index in [1.165, 1.54) is 0 Å². The molecule has 2 fully saturated rings. The first-order valence-electron chi connectivity index (χ1n) is 10.8. The van der Waals surface area contributed by atoms with E-state index in [4.69, 9.17) is 14.7 Å². The minimum Gasteiger partial charge on any atom is -0.481 e. The number of carboxylic acids is 2. The van der Waals surface area contributed by atoms with Crippen molar-refractivity contribution in [2.24, 2.45) is 23.7 Å². The second kappa shape index (κ2) is 13.1. The Labute approximate surface area is 193 Å². The maximum absolute atomic E-state index is 12.2. The molecule has 192 valence electrons. The summed E-state index contributed by atoms with van der Waals surface area (Å²) in [5, 5.41) is 40.3. The van der Waals surface area contributed by atoms with Crippen LogP contribution < -0.4 is 11.0 Å². The standard InChI is InChI=1S/C18H28N4O12/c23-16(24)14-7-11(21(28)29)2-1-10(14)9-32-34-20-6-5-19-33-18(27)13-4-3-12(22(30)31)8-15(13)17(25)26/h10-15,19-20H,1-9H2,(H,23,24)(H,25,26). The van der Waals surface area contributed by atoms with Gasteiger partial charge in [-0.1, -0.05) is 0 Å². The number of carboxylic acid groups (broad SMARTS) is 2. The zero-order valence-corrected chi connectivity index (χ0v) is 18.2. The molecule has 6 unspecified atom stereocenters. The Kier molecular flexibility index (Phi) is 10.5. The molecule has 2 aliphatic rings. The van der Waals surface area contributed by atoms with E-state index in [2.05, 4.69) is 11.0 Å². The fourth-order valence-corrected chi connectivity index (χ4v) is 4.30. The molecule has 2 aliphatic carbocycles. The van der Waals surface area contributed by atoms with Crippen molar-refractivity contribution in [1.29, 1.82) is 0 Å². The van der Waals surface area contributed by atoms with Gasteiger partial charge in [-0.25, -0.2) is 4.89 Å². The Morgan fingerprint density at radius 2 is 1.38 bits per heavy atom. The van der Waals surface area contributed by atoms with Gasteiger partial charge in [0.2, 0.25) is 12.1 Å². The zero-order valence-electron chi connectivity index (χ0n) is 18.2. The molecule has 0 aromatic rings.